The number of aromatic nitrogens is 3. The maximum atomic E-state index is 12.3. The molecule has 1 amide bonds. The summed E-state index contributed by atoms with van der Waals surface area (Å²) in [6.45, 7) is 1.93. The Hall–Kier alpha value is -2.70. The van der Waals surface area contributed by atoms with Crippen LogP contribution in [-0.2, 0) is 16.1 Å². The van der Waals surface area contributed by atoms with Crippen molar-refractivity contribution in [3.05, 3.63) is 42.2 Å². The van der Waals surface area contributed by atoms with Gasteiger partial charge in [-0.1, -0.05) is 22.9 Å². The van der Waals surface area contributed by atoms with Crippen LogP contribution in [0.4, 0.5) is 5.69 Å². The van der Waals surface area contributed by atoms with Gasteiger partial charge in [0, 0.05) is 18.3 Å². The number of hydrogen-bond acceptors (Lipinski definition) is 4. The van der Waals surface area contributed by atoms with Crippen LogP contribution in [0.2, 0.25) is 0 Å². The Balaban J connectivity index is 2.09. The Morgan fingerprint density at radius 3 is 2.57 bits per heavy atom. The van der Waals surface area contributed by atoms with Gasteiger partial charge in [-0.05, 0) is 19.1 Å². The van der Waals surface area contributed by atoms with Crippen molar-refractivity contribution in [2.75, 3.05) is 11.4 Å². The fourth-order valence-corrected chi connectivity index (χ4v) is 1.88. The highest BCUT2D eigenvalue weighted by Gasteiger charge is 2.18. The highest BCUT2D eigenvalue weighted by molar-refractivity contribution is 5.97. The third-order valence-corrected chi connectivity index (χ3v) is 2.97. The number of carboxylic acid groups (broad SMARTS) is 1. The predicted molar refractivity (Wildman–Crippen MR) is 75.8 cm³/mol. The van der Waals surface area contributed by atoms with Gasteiger partial charge in [0.05, 0.1) is 12.7 Å². The largest absolute Gasteiger partial charge is 0.480 e. The number of anilines is 1. The number of aryl methyl sites for hydroxylation is 2. The van der Waals surface area contributed by atoms with E-state index in [0.717, 1.165) is 5.56 Å². The van der Waals surface area contributed by atoms with E-state index in [4.69, 9.17) is 5.11 Å². The topological polar surface area (TPSA) is 88.3 Å². The lowest BCUT2D eigenvalue weighted by atomic mass is 10.2. The van der Waals surface area contributed by atoms with Crippen LogP contribution in [0.1, 0.15) is 12.0 Å². The molecule has 1 aromatic heterocycles. The number of amides is 1. The van der Waals surface area contributed by atoms with Gasteiger partial charge >= 0.3 is 5.97 Å². The van der Waals surface area contributed by atoms with E-state index in [1.165, 1.54) is 15.8 Å². The number of carbonyl (C=O) groups is 2. The van der Waals surface area contributed by atoms with Crippen molar-refractivity contribution >= 4 is 17.6 Å². The minimum atomic E-state index is -1.05. The quantitative estimate of drug-likeness (QED) is 0.859. The van der Waals surface area contributed by atoms with Gasteiger partial charge in [-0.2, -0.15) is 0 Å². The molecule has 0 saturated carbocycles. The molecule has 21 heavy (non-hydrogen) atoms. The van der Waals surface area contributed by atoms with Crippen molar-refractivity contribution in [1.29, 1.82) is 0 Å². The zero-order valence-corrected chi connectivity index (χ0v) is 11.6. The zero-order chi connectivity index (χ0) is 15.2. The van der Waals surface area contributed by atoms with E-state index in [2.05, 4.69) is 10.3 Å². The number of rotatable bonds is 6. The molecule has 0 spiro atoms. The summed E-state index contributed by atoms with van der Waals surface area (Å²) in [5, 5.41) is 16.4. The van der Waals surface area contributed by atoms with E-state index in [1.54, 1.807) is 18.3 Å². The highest BCUT2D eigenvalue weighted by atomic mass is 16.4. The number of carbonyl (C=O) groups excluding carboxylic acids is 1. The Bertz CT molecular complexity index is 608. The second-order valence-corrected chi connectivity index (χ2v) is 4.63. The lowest BCUT2D eigenvalue weighted by Crippen LogP contribution is -2.36. The maximum Gasteiger partial charge on any atom is 0.323 e. The molecule has 7 heteroatoms. The van der Waals surface area contributed by atoms with E-state index in [9.17, 15) is 9.59 Å². The predicted octanol–water partition coefficient (Wildman–Crippen LogP) is 1.09. The minimum Gasteiger partial charge on any atom is -0.480 e. The lowest BCUT2D eigenvalue weighted by Gasteiger charge is -2.21. The Labute approximate surface area is 121 Å². The first kappa shape index (κ1) is 14.7. The van der Waals surface area contributed by atoms with E-state index in [0.29, 0.717) is 12.2 Å². The van der Waals surface area contributed by atoms with Crippen molar-refractivity contribution in [1.82, 2.24) is 15.0 Å². The molecular formula is C14H16N4O3. The van der Waals surface area contributed by atoms with Crippen LogP contribution in [0.25, 0.3) is 0 Å². The van der Waals surface area contributed by atoms with Crippen LogP contribution in [0.15, 0.2) is 36.7 Å². The maximum absolute atomic E-state index is 12.3. The van der Waals surface area contributed by atoms with E-state index >= 15 is 0 Å². The fourth-order valence-electron chi connectivity index (χ4n) is 1.88. The molecule has 7 nitrogen and oxygen atoms in total. The van der Waals surface area contributed by atoms with Crippen LogP contribution in [-0.4, -0.2) is 38.5 Å². The standard InChI is InChI=1S/C14H16N4O3/c1-11-2-4-12(5-3-11)18(10-14(20)21)13(19)6-8-17-9-7-15-16-17/h2-5,7,9H,6,8,10H2,1H3,(H,20,21). The van der Waals surface area contributed by atoms with Crippen LogP contribution < -0.4 is 4.90 Å². The first-order valence-corrected chi connectivity index (χ1v) is 6.49. The summed E-state index contributed by atoms with van der Waals surface area (Å²) in [6.07, 6.45) is 3.34. The third-order valence-electron chi connectivity index (χ3n) is 2.97. The van der Waals surface area contributed by atoms with Crippen LogP contribution >= 0.6 is 0 Å². The summed E-state index contributed by atoms with van der Waals surface area (Å²) in [5.74, 6) is -1.32. The SMILES string of the molecule is Cc1ccc(N(CC(=O)O)C(=O)CCn2ccnn2)cc1. The average molecular weight is 288 g/mol. The van der Waals surface area contributed by atoms with Gasteiger partial charge in [-0.15, -0.1) is 5.10 Å². The van der Waals surface area contributed by atoms with Crippen LogP contribution in [0.3, 0.4) is 0 Å². The summed E-state index contributed by atoms with van der Waals surface area (Å²) in [4.78, 5) is 24.5. The molecule has 1 N–H and O–H groups in total. The molecule has 0 aliphatic heterocycles. The molecule has 110 valence electrons. The molecule has 0 aliphatic carbocycles. The summed E-state index contributed by atoms with van der Waals surface area (Å²) in [5.41, 5.74) is 1.62. The third kappa shape index (κ3) is 4.13. The zero-order valence-electron chi connectivity index (χ0n) is 11.6. The monoisotopic (exact) mass is 288 g/mol. The number of hydrogen-bond donors (Lipinski definition) is 1. The van der Waals surface area contributed by atoms with Crippen LogP contribution in [0.5, 0.6) is 0 Å². The summed E-state index contributed by atoms with van der Waals surface area (Å²) in [6, 6.07) is 7.17. The van der Waals surface area contributed by atoms with Gasteiger partial charge in [0.1, 0.15) is 6.54 Å². The summed E-state index contributed by atoms with van der Waals surface area (Å²) < 4.78 is 1.53. The fraction of sp³-hybridized carbons (Fsp3) is 0.286. The number of nitrogens with zero attached hydrogens (tertiary/aromatic N) is 4. The molecule has 2 aromatic rings. The average Bonchev–Trinajstić information content (AvgIpc) is 2.96. The van der Waals surface area contributed by atoms with E-state index < -0.39 is 5.97 Å². The van der Waals surface area contributed by atoms with Gasteiger partial charge in [0.15, 0.2) is 0 Å². The summed E-state index contributed by atoms with van der Waals surface area (Å²) >= 11 is 0. The molecule has 1 aromatic carbocycles. The lowest BCUT2D eigenvalue weighted by molar-refractivity contribution is -0.136. The van der Waals surface area contributed by atoms with Crippen molar-refractivity contribution in [3.8, 4) is 0 Å². The smallest absolute Gasteiger partial charge is 0.323 e. The normalized spacial score (nSPS) is 10.3. The van der Waals surface area contributed by atoms with Crippen molar-refractivity contribution < 1.29 is 14.7 Å². The molecule has 0 atom stereocenters. The minimum absolute atomic E-state index is 0.157. The number of carboxylic acids is 1. The Kier molecular flexibility index (Phi) is 4.65. The molecule has 0 aliphatic rings. The molecule has 1 heterocycles. The number of benzene rings is 1. The van der Waals surface area contributed by atoms with Gasteiger partial charge < -0.3 is 10.0 Å². The molecule has 0 unspecified atom stereocenters. The molecule has 2 rings (SSSR count). The first-order chi connectivity index (χ1) is 10.1. The number of aliphatic carboxylic acids is 1. The first-order valence-electron chi connectivity index (χ1n) is 6.49. The molecule has 0 bridgehead atoms. The highest BCUT2D eigenvalue weighted by Crippen LogP contribution is 2.16. The Morgan fingerprint density at radius 1 is 1.29 bits per heavy atom. The van der Waals surface area contributed by atoms with Gasteiger partial charge in [-0.25, -0.2) is 0 Å². The van der Waals surface area contributed by atoms with E-state index in [-0.39, 0.29) is 18.9 Å². The molecular weight excluding hydrogens is 272 g/mol. The molecule has 0 saturated heterocycles. The van der Waals surface area contributed by atoms with Gasteiger partial charge in [-0.3, -0.25) is 14.3 Å². The summed E-state index contributed by atoms with van der Waals surface area (Å²) in [7, 11) is 0. The molecule has 0 radical (unpaired) electrons. The van der Waals surface area contributed by atoms with E-state index in [1.807, 2.05) is 19.1 Å². The van der Waals surface area contributed by atoms with Crippen molar-refractivity contribution in [2.45, 2.75) is 19.9 Å². The second-order valence-electron chi connectivity index (χ2n) is 4.63. The van der Waals surface area contributed by atoms with Crippen molar-refractivity contribution in [3.63, 3.8) is 0 Å². The van der Waals surface area contributed by atoms with Crippen LogP contribution in [0, 0.1) is 6.92 Å². The van der Waals surface area contributed by atoms with Crippen molar-refractivity contribution in [2.24, 2.45) is 0 Å². The Morgan fingerprint density at radius 2 is 2.00 bits per heavy atom. The molecule has 0 fully saturated rings. The van der Waals surface area contributed by atoms with Gasteiger partial charge in [0.2, 0.25) is 5.91 Å². The second kappa shape index (κ2) is 6.65. The van der Waals surface area contributed by atoms with Gasteiger partial charge in [0.25, 0.3) is 0 Å².